The topological polar surface area (TPSA) is 86.8 Å². The third kappa shape index (κ3) is 7.72. The van der Waals surface area contributed by atoms with E-state index in [1.807, 2.05) is 71.0 Å². The van der Waals surface area contributed by atoms with Gasteiger partial charge >= 0.3 is 0 Å². The first-order valence-corrected chi connectivity index (χ1v) is 15.3. The van der Waals surface area contributed by atoms with Crippen LogP contribution in [-0.4, -0.2) is 50.3 Å². The van der Waals surface area contributed by atoms with Gasteiger partial charge in [0.1, 0.15) is 12.6 Å². The molecule has 0 aliphatic carbocycles. The summed E-state index contributed by atoms with van der Waals surface area (Å²) in [5.74, 6) is -0.665. The average Bonchev–Trinajstić information content (AvgIpc) is 2.96. The number of sulfonamides is 1. The van der Waals surface area contributed by atoms with Crippen molar-refractivity contribution in [3.8, 4) is 0 Å². The van der Waals surface area contributed by atoms with Crippen molar-refractivity contribution in [2.75, 3.05) is 17.4 Å². The van der Waals surface area contributed by atoms with Crippen LogP contribution in [0.5, 0.6) is 0 Å². The van der Waals surface area contributed by atoms with Gasteiger partial charge in [-0.25, -0.2) is 8.42 Å². The molecule has 0 aliphatic rings. The van der Waals surface area contributed by atoms with Crippen molar-refractivity contribution >= 4 is 27.5 Å². The maximum atomic E-state index is 14.1. The lowest BCUT2D eigenvalue weighted by Gasteiger charge is -2.34. The molecule has 3 aromatic carbocycles. The van der Waals surface area contributed by atoms with Gasteiger partial charge in [-0.1, -0.05) is 68.4 Å². The van der Waals surface area contributed by atoms with Crippen molar-refractivity contribution in [2.45, 2.75) is 70.9 Å². The van der Waals surface area contributed by atoms with Crippen LogP contribution in [0, 0.1) is 13.8 Å². The summed E-state index contributed by atoms with van der Waals surface area (Å²) >= 11 is 0. The minimum Gasteiger partial charge on any atom is -0.352 e. The Bertz CT molecular complexity index is 1380. The molecule has 0 aliphatic heterocycles. The number of carbonyl (C=O) groups excluding carboxylic acids is 2. The van der Waals surface area contributed by atoms with E-state index in [2.05, 4.69) is 5.32 Å². The lowest BCUT2D eigenvalue weighted by molar-refractivity contribution is -0.139. The van der Waals surface area contributed by atoms with E-state index in [0.29, 0.717) is 18.5 Å². The van der Waals surface area contributed by atoms with E-state index in [1.165, 1.54) is 12.1 Å². The highest BCUT2D eigenvalue weighted by Crippen LogP contribution is 2.26. The molecule has 2 atom stereocenters. The highest BCUT2D eigenvalue weighted by Gasteiger charge is 2.33. The number of carbonyl (C=O) groups is 2. The monoisotopic (exact) mass is 563 g/mol. The van der Waals surface area contributed by atoms with E-state index in [-0.39, 0.29) is 23.4 Å². The summed E-state index contributed by atoms with van der Waals surface area (Å²) in [6.45, 7) is 9.49. The number of nitrogens with zero attached hydrogens (tertiary/aromatic N) is 2. The first-order chi connectivity index (χ1) is 19.1. The molecule has 0 heterocycles. The molecule has 214 valence electrons. The van der Waals surface area contributed by atoms with Crippen molar-refractivity contribution in [2.24, 2.45) is 0 Å². The van der Waals surface area contributed by atoms with Crippen LogP contribution in [0.15, 0.2) is 83.8 Å². The number of hydrogen-bond donors (Lipinski definition) is 1. The molecule has 3 rings (SSSR count). The lowest BCUT2D eigenvalue weighted by Crippen LogP contribution is -2.54. The average molecular weight is 564 g/mol. The first kappa shape index (κ1) is 30.9. The third-order valence-corrected chi connectivity index (χ3v) is 9.05. The molecule has 0 saturated carbocycles. The standard InChI is InChI=1S/C32H41N3O4S/c1-6-26(5)33-32(37)30(7-2)34(21-20-27-14-10-8-11-15-27)31(36)23-35(28-19-18-24(3)25(4)22-28)40(38,39)29-16-12-9-13-17-29/h8-19,22,26,30H,6-7,20-21,23H2,1-5H3,(H,33,37)/t26-,30+/m0/s1. The molecule has 0 unspecified atom stereocenters. The zero-order chi connectivity index (χ0) is 29.3. The second-order valence-electron chi connectivity index (χ2n) is 10.2. The Balaban J connectivity index is 2.02. The number of rotatable bonds is 13. The van der Waals surface area contributed by atoms with Gasteiger partial charge in [-0.3, -0.25) is 13.9 Å². The molecule has 0 saturated heterocycles. The Morgan fingerprint density at radius 3 is 2.05 bits per heavy atom. The fourth-order valence-corrected chi connectivity index (χ4v) is 5.89. The van der Waals surface area contributed by atoms with E-state index in [1.54, 1.807) is 35.2 Å². The molecule has 1 N–H and O–H groups in total. The quantitative estimate of drug-likeness (QED) is 0.307. The normalized spacial score (nSPS) is 12.8. The number of amides is 2. The Kier molecular flexibility index (Phi) is 10.9. The fraction of sp³-hybridized carbons (Fsp3) is 0.375. The molecule has 2 amide bonds. The molecule has 3 aromatic rings. The Labute approximate surface area is 239 Å². The van der Waals surface area contributed by atoms with E-state index < -0.39 is 28.5 Å². The molecule has 8 heteroatoms. The van der Waals surface area contributed by atoms with Crippen molar-refractivity contribution in [1.29, 1.82) is 0 Å². The van der Waals surface area contributed by atoms with Crippen LogP contribution in [0.1, 0.15) is 50.3 Å². The summed E-state index contributed by atoms with van der Waals surface area (Å²) in [4.78, 5) is 29.0. The zero-order valence-corrected chi connectivity index (χ0v) is 24.9. The van der Waals surface area contributed by atoms with Crippen molar-refractivity contribution in [1.82, 2.24) is 10.2 Å². The van der Waals surface area contributed by atoms with Crippen LogP contribution in [0.2, 0.25) is 0 Å². The summed E-state index contributed by atoms with van der Waals surface area (Å²) in [7, 11) is -4.07. The Morgan fingerprint density at radius 1 is 0.850 bits per heavy atom. The van der Waals surface area contributed by atoms with Crippen molar-refractivity contribution in [3.63, 3.8) is 0 Å². The maximum Gasteiger partial charge on any atom is 0.264 e. The number of anilines is 1. The summed E-state index contributed by atoms with van der Waals surface area (Å²) < 4.78 is 29.0. The van der Waals surface area contributed by atoms with Gasteiger partial charge in [0.15, 0.2) is 0 Å². The van der Waals surface area contributed by atoms with E-state index >= 15 is 0 Å². The van der Waals surface area contributed by atoms with Gasteiger partial charge in [0.25, 0.3) is 10.0 Å². The molecule has 0 radical (unpaired) electrons. The van der Waals surface area contributed by atoms with Crippen LogP contribution in [0.25, 0.3) is 0 Å². The van der Waals surface area contributed by atoms with Gasteiger partial charge in [0, 0.05) is 12.6 Å². The van der Waals surface area contributed by atoms with Gasteiger partial charge in [-0.05, 0) is 81.0 Å². The summed E-state index contributed by atoms with van der Waals surface area (Å²) in [5.41, 5.74) is 3.36. The molecule has 40 heavy (non-hydrogen) atoms. The molecule has 7 nitrogen and oxygen atoms in total. The number of hydrogen-bond acceptors (Lipinski definition) is 4. The van der Waals surface area contributed by atoms with Gasteiger partial charge < -0.3 is 10.2 Å². The molecular weight excluding hydrogens is 522 g/mol. The van der Waals surface area contributed by atoms with Gasteiger partial charge in [-0.2, -0.15) is 0 Å². The minimum absolute atomic E-state index is 0.0434. The van der Waals surface area contributed by atoms with Gasteiger partial charge in [-0.15, -0.1) is 0 Å². The smallest absolute Gasteiger partial charge is 0.264 e. The highest BCUT2D eigenvalue weighted by molar-refractivity contribution is 7.92. The van der Waals surface area contributed by atoms with E-state index in [9.17, 15) is 18.0 Å². The third-order valence-electron chi connectivity index (χ3n) is 7.26. The van der Waals surface area contributed by atoms with Gasteiger partial charge in [0.2, 0.25) is 11.8 Å². The van der Waals surface area contributed by atoms with Crippen molar-refractivity contribution in [3.05, 3.63) is 95.6 Å². The van der Waals surface area contributed by atoms with Crippen LogP contribution >= 0.6 is 0 Å². The summed E-state index contributed by atoms with van der Waals surface area (Å²) in [6, 6.07) is 22.4. The Morgan fingerprint density at radius 2 is 1.48 bits per heavy atom. The Hall–Kier alpha value is -3.65. The molecule has 0 fully saturated rings. The first-order valence-electron chi connectivity index (χ1n) is 13.9. The predicted octanol–water partition coefficient (Wildman–Crippen LogP) is 5.26. The second kappa shape index (κ2) is 14.1. The maximum absolute atomic E-state index is 14.1. The fourth-order valence-electron chi connectivity index (χ4n) is 4.47. The molecule has 0 bridgehead atoms. The largest absolute Gasteiger partial charge is 0.352 e. The minimum atomic E-state index is -4.07. The summed E-state index contributed by atoms with van der Waals surface area (Å²) in [5, 5.41) is 3.00. The van der Waals surface area contributed by atoms with Crippen LogP contribution in [0.3, 0.4) is 0 Å². The SMILES string of the molecule is CC[C@H](C(=O)N[C@@H](C)CC)N(CCc1ccccc1)C(=O)CN(c1ccc(C)c(C)c1)S(=O)(=O)c1ccccc1. The van der Waals surface area contributed by atoms with Crippen LogP contribution < -0.4 is 9.62 Å². The van der Waals surface area contributed by atoms with Crippen molar-refractivity contribution < 1.29 is 18.0 Å². The lowest BCUT2D eigenvalue weighted by atomic mass is 10.1. The molecule has 0 spiro atoms. The number of benzene rings is 3. The zero-order valence-electron chi connectivity index (χ0n) is 24.1. The number of aryl methyl sites for hydroxylation is 2. The second-order valence-corrected chi connectivity index (χ2v) is 12.0. The predicted molar refractivity (Wildman–Crippen MR) is 161 cm³/mol. The van der Waals surface area contributed by atoms with Crippen LogP contribution in [-0.2, 0) is 26.0 Å². The molecular formula is C32H41N3O4S. The van der Waals surface area contributed by atoms with E-state index in [4.69, 9.17) is 0 Å². The van der Waals surface area contributed by atoms with E-state index in [0.717, 1.165) is 27.4 Å². The summed E-state index contributed by atoms with van der Waals surface area (Å²) in [6.07, 6.45) is 1.70. The highest BCUT2D eigenvalue weighted by atomic mass is 32.2. The van der Waals surface area contributed by atoms with Gasteiger partial charge in [0.05, 0.1) is 10.6 Å². The number of nitrogens with one attached hydrogen (secondary N) is 1. The van der Waals surface area contributed by atoms with Crippen LogP contribution in [0.4, 0.5) is 5.69 Å². The molecule has 0 aromatic heterocycles.